The largest absolute Gasteiger partial charge is 0.354 e. The van der Waals surface area contributed by atoms with Gasteiger partial charge >= 0.3 is 0 Å². The highest BCUT2D eigenvalue weighted by Gasteiger charge is 2.33. The minimum absolute atomic E-state index is 0.220. The molecular weight excluding hydrogens is 393 g/mol. The Morgan fingerprint density at radius 3 is 2.64 bits per heavy atom. The molecule has 0 spiro atoms. The summed E-state index contributed by atoms with van der Waals surface area (Å²) in [4.78, 5) is 3.04. The van der Waals surface area contributed by atoms with E-state index in [9.17, 15) is 0 Å². The maximum atomic E-state index is 6.22. The smallest absolute Gasteiger partial charge is 0.171 e. The highest BCUT2D eigenvalue weighted by atomic mass is 35.5. The number of anilines is 1. The lowest BCUT2D eigenvalue weighted by Crippen LogP contribution is -3.11. The van der Waals surface area contributed by atoms with E-state index in [-0.39, 0.29) is 6.04 Å². The van der Waals surface area contributed by atoms with Gasteiger partial charge in [0.05, 0.1) is 34.7 Å². The summed E-state index contributed by atoms with van der Waals surface area (Å²) in [7, 11) is 0. The van der Waals surface area contributed by atoms with Gasteiger partial charge in [-0.05, 0) is 48.8 Å². The third kappa shape index (κ3) is 4.86. The SMILES string of the molecule is C[C@@H](NC(=S)Nc1ccc(Cl)cc1Cl)[C@H](c1cccs1)[NH+]1CCCC1. The normalized spacial score (nSPS) is 17.2. The maximum absolute atomic E-state index is 6.22. The average molecular weight is 415 g/mol. The summed E-state index contributed by atoms with van der Waals surface area (Å²) in [6, 6.07) is 10.3. The lowest BCUT2D eigenvalue weighted by atomic mass is 10.1. The maximum Gasteiger partial charge on any atom is 0.171 e. The van der Waals surface area contributed by atoms with E-state index >= 15 is 0 Å². The van der Waals surface area contributed by atoms with Crippen LogP contribution in [0.4, 0.5) is 5.69 Å². The fourth-order valence-electron chi connectivity index (χ4n) is 3.45. The van der Waals surface area contributed by atoms with E-state index in [0.717, 1.165) is 5.69 Å². The van der Waals surface area contributed by atoms with Crippen molar-refractivity contribution in [2.24, 2.45) is 0 Å². The second-order valence-electron chi connectivity index (χ2n) is 6.37. The van der Waals surface area contributed by atoms with Gasteiger partial charge in [-0.2, -0.15) is 0 Å². The minimum atomic E-state index is 0.220. The van der Waals surface area contributed by atoms with E-state index in [1.54, 1.807) is 17.0 Å². The molecule has 7 heteroatoms. The second-order valence-corrected chi connectivity index (χ2v) is 8.60. The Kier molecular flexibility index (Phi) is 6.58. The molecule has 0 unspecified atom stereocenters. The van der Waals surface area contributed by atoms with E-state index in [4.69, 9.17) is 35.4 Å². The van der Waals surface area contributed by atoms with Gasteiger partial charge in [0, 0.05) is 17.9 Å². The van der Waals surface area contributed by atoms with E-state index in [0.29, 0.717) is 21.2 Å². The number of rotatable bonds is 5. The van der Waals surface area contributed by atoms with Crippen molar-refractivity contribution in [3.8, 4) is 0 Å². The van der Waals surface area contributed by atoms with Gasteiger partial charge < -0.3 is 15.5 Å². The third-order valence-electron chi connectivity index (χ3n) is 4.57. The predicted molar refractivity (Wildman–Crippen MR) is 112 cm³/mol. The lowest BCUT2D eigenvalue weighted by molar-refractivity contribution is -0.920. The number of quaternary nitrogens is 1. The van der Waals surface area contributed by atoms with Gasteiger partial charge in [-0.1, -0.05) is 29.3 Å². The Balaban J connectivity index is 1.68. The molecule has 1 saturated heterocycles. The summed E-state index contributed by atoms with van der Waals surface area (Å²) < 4.78 is 0. The Bertz CT molecular complexity index is 715. The van der Waals surface area contributed by atoms with E-state index in [1.807, 2.05) is 17.4 Å². The molecule has 0 saturated carbocycles. The van der Waals surface area contributed by atoms with E-state index < -0.39 is 0 Å². The summed E-state index contributed by atoms with van der Waals surface area (Å²) in [5.74, 6) is 0. The van der Waals surface area contributed by atoms with Crippen LogP contribution in [0.5, 0.6) is 0 Å². The van der Waals surface area contributed by atoms with Gasteiger partial charge in [-0.3, -0.25) is 0 Å². The van der Waals surface area contributed by atoms with Crippen molar-refractivity contribution in [1.82, 2.24) is 5.32 Å². The highest BCUT2D eigenvalue weighted by molar-refractivity contribution is 7.80. The lowest BCUT2D eigenvalue weighted by Gasteiger charge is -2.30. The molecule has 0 radical (unpaired) electrons. The Hall–Kier alpha value is -0.850. The van der Waals surface area contributed by atoms with Crippen molar-refractivity contribution in [2.45, 2.75) is 31.8 Å². The fourth-order valence-corrected chi connectivity index (χ4v) is 5.19. The summed E-state index contributed by atoms with van der Waals surface area (Å²) in [5.41, 5.74) is 0.761. The number of thiophene rings is 1. The average Bonchev–Trinajstić information content (AvgIpc) is 3.24. The first-order valence-electron chi connectivity index (χ1n) is 8.45. The molecule has 134 valence electrons. The number of thiocarbonyl (C=S) groups is 1. The number of likely N-dealkylation sites (tertiary alicyclic amines) is 1. The van der Waals surface area contributed by atoms with Gasteiger partial charge in [0.25, 0.3) is 0 Å². The minimum Gasteiger partial charge on any atom is -0.354 e. The number of nitrogens with one attached hydrogen (secondary N) is 3. The van der Waals surface area contributed by atoms with Gasteiger partial charge in [0.2, 0.25) is 0 Å². The predicted octanol–water partition coefficient (Wildman–Crippen LogP) is 4.15. The molecule has 1 aromatic heterocycles. The molecule has 3 N–H and O–H groups in total. The highest BCUT2D eigenvalue weighted by Crippen LogP contribution is 2.25. The first-order valence-corrected chi connectivity index (χ1v) is 10.5. The zero-order valence-electron chi connectivity index (χ0n) is 14.0. The van der Waals surface area contributed by atoms with E-state index in [2.05, 4.69) is 35.1 Å². The molecular formula is C18H22Cl2N3S2+. The first kappa shape index (κ1) is 18.9. The van der Waals surface area contributed by atoms with Crippen molar-refractivity contribution in [3.05, 3.63) is 50.6 Å². The molecule has 0 aliphatic carbocycles. The number of benzene rings is 1. The van der Waals surface area contributed by atoms with Gasteiger partial charge in [0.1, 0.15) is 6.04 Å². The van der Waals surface area contributed by atoms with Crippen molar-refractivity contribution in [1.29, 1.82) is 0 Å². The van der Waals surface area contributed by atoms with Crippen LogP contribution in [0.1, 0.15) is 30.7 Å². The summed E-state index contributed by atoms with van der Waals surface area (Å²) in [6.07, 6.45) is 2.60. The van der Waals surface area contributed by atoms with Crippen LogP contribution in [0.2, 0.25) is 10.0 Å². The number of hydrogen-bond acceptors (Lipinski definition) is 2. The molecule has 25 heavy (non-hydrogen) atoms. The van der Waals surface area contributed by atoms with Crippen molar-refractivity contribution < 1.29 is 4.90 Å². The van der Waals surface area contributed by atoms with Crippen LogP contribution < -0.4 is 15.5 Å². The molecule has 0 amide bonds. The first-order chi connectivity index (χ1) is 12.0. The zero-order valence-corrected chi connectivity index (χ0v) is 17.2. The number of halogens is 2. The van der Waals surface area contributed by atoms with Crippen molar-refractivity contribution >= 4 is 57.6 Å². The van der Waals surface area contributed by atoms with Crippen LogP contribution in [-0.2, 0) is 0 Å². The third-order valence-corrected chi connectivity index (χ3v) is 6.30. The van der Waals surface area contributed by atoms with Crippen molar-refractivity contribution in [3.63, 3.8) is 0 Å². The molecule has 2 heterocycles. The van der Waals surface area contributed by atoms with Crippen molar-refractivity contribution in [2.75, 3.05) is 18.4 Å². The van der Waals surface area contributed by atoms with Crippen LogP contribution in [0.25, 0.3) is 0 Å². The van der Waals surface area contributed by atoms with E-state index in [1.165, 1.54) is 30.8 Å². The Morgan fingerprint density at radius 1 is 1.24 bits per heavy atom. The summed E-state index contributed by atoms with van der Waals surface area (Å²) in [5, 5.41) is 10.5. The molecule has 0 bridgehead atoms. The molecule has 1 aromatic carbocycles. The summed E-state index contributed by atoms with van der Waals surface area (Å²) in [6.45, 7) is 4.64. The Labute approximate surface area is 168 Å². The van der Waals surface area contributed by atoms with Gasteiger partial charge in [-0.25, -0.2) is 0 Å². The topological polar surface area (TPSA) is 28.5 Å². The van der Waals surface area contributed by atoms with Gasteiger partial charge in [-0.15, -0.1) is 11.3 Å². The Morgan fingerprint density at radius 2 is 2.00 bits per heavy atom. The van der Waals surface area contributed by atoms with Crippen LogP contribution in [0, 0.1) is 0 Å². The fraction of sp³-hybridized carbons (Fsp3) is 0.389. The quantitative estimate of drug-likeness (QED) is 0.641. The second kappa shape index (κ2) is 8.69. The van der Waals surface area contributed by atoms with Crippen LogP contribution >= 0.6 is 46.8 Å². The molecule has 3 rings (SSSR count). The molecule has 2 aromatic rings. The van der Waals surface area contributed by atoms with Crippen LogP contribution in [0.15, 0.2) is 35.7 Å². The van der Waals surface area contributed by atoms with Gasteiger partial charge in [0.15, 0.2) is 5.11 Å². The molecule has 1 aliphatic rings. The van der Waals surface area contributed by atoms with Crippen LogP contribution in [-0.4, -0.2) is 24.2 Å². The summed E-state index contributed by atoms with van der Waals surface area (Å²) >= 11 is 19.5. The molecule has 1 fully saturated rings. The number of hydrogen-bond donors (Lipinski definition) is 3. The monoisotopic (exact) mass is 414 g/mol. The standard InChI is InChI=1S/C18H21Cl2N3S2/c1-12(17(16-5-4-10-25-16)23-8-2-3-9-23)21-18(24)22-15-7-6-13(19)11-14(15)20/h4-7,10-12,17H,2-3,8-9H2,1H3,(H2,21,22,24)/p+1/t12-,17-/m1/s1. The molecule has 3 nitrogen and oxygen atoms in total. The molecule has 2 atom stereocenters. The zero-order chi connectivity index (χ0) is 17.8. The van der Waals surface area contributed by atoms with Crippen LogP contribution in [0.3, 0.4) is 0 Å². The molecule has 1 aliphatic heterocycles.